The highest BCUT2D eigenvalue weighted by atomic mass is 16.5. The molecule has 0 bridgehead atoms. The molecule has 0 saturated carbocycles. The smallest absolute Gasteiger partial charge is 0.0947 e. The topological polar surface area (TPSA) is 35.2 Å². The molecule has 1 rings (SSSR count). The summed E-state index contributed by atoms with van der Waals surface area (Å²) in [6.07, 6.45) is 1.08. The van der Waals surface area contributed by atoms with Crippen molar-refractivity contribution in [2.75, 3.05) is 13.2 Å². The van der Waals surface area contributed by atoms with Crippen LogP contribution in [0.4, 0.5) is 0 Å². The Hall–Kier alpha value is -0.860. The van der Waals surface area contributed by atoms with Crippen molar-refractivity contribution in [1.82, 2.24) is 0 Å². The molecule has 0 aliphatic heterocycles. The predicted octanol–water partition coefficient (Wildman–Crippen LogP) is 3.14. The highest BCUT2D eigenvalue weighted by Gasteiger charge is 2.13. The van der Waals surface area contributed by atoms with E-state index >= 15 is 0 Å². The highest BCUT2D eigenvalue weighted by molar-refractivity contribution is 5.17. The number of benzene rings is 1. The van der Waals surface area contributed by atoms with Gasteiger partial charge in [0.1, 0.15) is 0 Å². The SMILES string of the molecule is CC(C)(C)CCOC(CN)c1ccccc1. The molecule has 16 heavy (non-hydrogen) atoms. The van der Waals surface area contributed by atoms with Crippen LogP contribution in [0.3, 0.4) is 0 Å². The Labute approximate surface area is 98.8 Å². The minimum atomic E-state index is 0.0311. The molecule has 0 aliphatic carbocycles. The molecule has 0 saturated heterocycles. The standard InChI is InChI=1S/C14H23NO/c1-14(2,3)9-10-16-13(11-15)12-7-5-4-6-8-12/h4-8,13H,9-11,15H2,1-3H3. The van der Waals surface area contributed by atoms with Crippen LogP contribution in [-0.2, 0) is 4.74 Å². The molecule has 1 aromatic carbocycles. The van der Waals surface area contributed by atoms with Gasteiger partial charge in [-0.05, 0) is 17.4 Å². The third-order valence-electron chi connectivity index (χ3n) is 2.56. The fraction of sp³-hybridized carbons (Fsp3) is 0.571. The van der Waals surface area contributed by atoms with Gasteiger partial charge in [0, 0.05) is 13.2 Å². The zero-order valence-electron chi connectivity index (χ0n) is 10.6. The van der Waals surface area contributed by atoms with Crippen molar-refractivity contribution in [2.24, 2.45) is 11.1 Å². The summed E-state index contributed by atoms with van der Waals surface area (Å²) in [5, 5.41) is 0. The minimum absolute atomic E-state index is 0.0311. The van der Waals surface area contributed by atoms with Crippen LogP contribution in [0.15, 0.2) is 30.3 Å². The van der Waals surface area contributed by atoms with Crippen LogP contribution >= 0.6 is 0 Å². The van der Waals surface area contributed by atoms with E-state index in [9.17, 15) is 0 Å². The van der Waals surface area contributed by atoms with Crippen molar-refractivity contribution < 1.29 is 4.74 Å². The van der Waals surface area contributed by atoms with Crippen LogP contribution in [0.5, 0.6) is 0 Å². The fourth-order valence-electron chi connectivity index (χ4n) is 1.48. The van der Waals surface area contributed by atoms with Gasteiger partial charge in [-0.25, -0.2) is 0 Å². The molecule has 0 aliphatic rings. The van der Waals surface area contributed by atoms with Gasteiger partial charge in [-0.1, -0.05) is 51.1 Å². The Morgan fingerprint density at radius 3 is 2.31 bits per heavy atom. The van der Waals surface area contributed by atoms with E-state index in [0.717, 1.165) is 13.0 Å². The summed E-state index contributed by atoms with van der Waals surface area (Å²) in [5.74, 6) is 0. The number of nitrogens with two attached hydrogens (primary N) is 1. The maximum Gasteiger partial charge on any atom is 0.0947 e. The Bertz CT molecular complexity index is 289. The van der Waals surface area contributed by atoms with Crippen LogP contribution in [0.1, 0.15) is 38.9 Å². The molecular weight excluding hydrogens is 198 g/mol. The van der Waals surface area contributed by atoms with Crippen LogP contribution in [0.2, 0.25) is 0 Å². The predicted molar refractivity (Wildman–Crippen MR) is 68.3 cm³/mol. The molecule has 0 spiro atoms. The lowest BCUT2D eigenvalue weighted by atomic mass is 9.93. The van der Waals surface area contributed by atoms with E-state index in [0.29, 0.717) is 12.0 Å². The molecule has 1 aromatic rings. The average Bonchev–Trinajstić information content (AvgIpc) is 2.24. The van der Waals surface area contributed by atoms with Gasteiger partial charge in [-0.3, -0.25) is 0 Å². The molecule has 2 heteroatoms. The molecule has 1 atom stereocenters. The Morgan fingerprint density at radius 1 is 1.19 bits per heavy atom. The Balaban J connectivity index is 2.45. The van der Waals surface area contributed by atoms with E-state index < -0.39 is 0 Å². The second-order valence-electron chi connectivity index (χ2n) is 5.32. The van der Waals surface area contributed by atoms with E-state index in [4.69, 9.17) is 10.5 Å². The van der Waals surface area contributed by atoms with Gasteiger partial charge >= 0.3 is 0 Å². The second-order valence-corrected chi connectivity index (χ2v) is 5.32. The number of ether oxygens (including phenoxy) is 1. The molecule has 2 nitrogen and oxygen atoms in total. The number of hydrogen-bond donors (Lipinski definition) is 1. The zero-order chi connectivity index (χ0) is 12.0. The molecule has 2 N–H and O–H groups in total. The summed E-state index contributed by atoms with van der Waals surface area (Å²) in [4.78, 5) is 0. The first kappa shape index (κ1) is 13.2. The lowest BCUT2D eigenvalue weighted by Gasteiger charge is -2.21. The van der Waals surface area contributed by atoms with E-state index in [2.05, 4.69) is 32.9 Å². The Kier molecular flexibility index (Phi) is 4.97. The van der Waals surface area contributed by atoms with E-state index in [-0.39, 0.29) is 6.10 Å². The molecular formula is C14H23NO. The normalized spacial score (nSPS) is 13.8. The first-order chi connectivity index (χ1) is 7.53. The van der Waals surface area contributed by atoms with Crippen molar-refractivity contribution in [3.63, 3.8) is 0 Å². The van der Waals surface area contributed by atoms with E-state index in [1.807, 2.05) is 18.2 Å². The van der Waals surface area contributed by atoms with Crippen molar-refractivity contribution in [3.05, 3.63) is 35.9 Å². The quantitative estimate of drug-likeness (QED) is 0.829. The third-order valence-corrected chi connectivity index (χ3v) is 2.56. The van der Waals surface area contributed by atoms with Crippen LogP contribution < -0.4 is 5.73 Å². The second kappa shape index (κ2) is 6.02. The maximum atomic E-state index is 5.83. The van der Waals surface area contributed by atoms with Crippen molar-refractivity contribution in [2.45, 2.75) is 33.3 Å². The molecule has 0 radical (unpaired) electrons. The summed E-state index contributed by atoms with van der Waals surface area (Å²) in [6, 6.07) is 10.2. The summed E-state index contributed by atoms with van der Waals surface area (Å²) < 4.78 is 5.83. The first-order valence-electron chi connectivity index (χ1n) is 5.89. The number of rotatable bonds is 5. The molecule has 90 valence electrons. The molecule has 0 amide bonds. The third kappa shape index (κ3) is 4.77. The molecule has 0 aromatic heterocycles. The minimum Gasteiger partial charge on any atom is -0.372 e. The van der Waals surface area contributed by atoms with Gasteiger partial charge < -0.3 is 10.5 Å². The highest BCUT2D eigenvalue weighted by Crippen LogP contribution is 2.21. The van der Waals surface area contributed by atoms with Crippen molar-refractivity contribution in [1.29, 1.82) is 0 Å². The van der Waals surface area contributed by atoms with E-state index in [1.165, 1.54) is 5.56 Å². The molecule has 0 heterocycles. The summed E-state index contributed by atoms with van der Waals surface area (Å²) in [7, 11) is 0. The summed E-state index contributed by atoms with van der Waals surface area (Å²) >= 11 is 0. The van der Waals surface area contributed by atoms with Crippen molar-refractivity contribution >= 4 is 0 Å². The lowest BCUT2D eigenvalue weighted by molar-refractivity contribution is 0.0422. The van der Waals surface area contributed by atoms with E-state index in [1.54, 1.807) is 0 Å². The van der Waals surface area contributed by atoms with Crippen molar-refractivity contribution in [3.8, 4) is 0 Å². The van der Waals surface area contributed by atoms with Gasteiger partial charge in [0.25, 0.3) is 0 Å². The zero-order valence-corrected chi connectivity index (χ0v) is 10.6. The molecule has 1 unspecified atom stereocenters. The number of hydrogen-bond acceptors (Lipinski definition) is 2. The Morgan fingerprint density at radius 2 is 1.81 bits per heavy atom. The largest absolute Gasteiger partial charge is 0.372 e. The maximum absolute atomic E-state index is 5.83. The van der Waals surface area contributed by atoms with Gasteiger partial charge in [-0.2, -0.15) is 0 Å². The molecule has 0 fully saturated rings. The summed E-state index contributed by atoms with van der Waals surface area (Å²) in [6.45, 7) is 7.96. The fourth-order valence-corrected chi connectivity index (χ4v) is 1.48. The van der Waals surface area contributed by atoms with Gasteiger partial charge in [0.05, 0.1) is 6.10 Å². The first-order valence-corrected chi connectivity index (χ1v) is 5.89. The van der Waals surface area contributed by atoms with Crippen LogP contribution in [0.25, 0.3) is 0 Å². The summed E-state index contributed by atoms with van der Waals surface area (Å²) in [5.41, 5.74) is 7.21. The van der Waals surface area contributed by atoms with Gasteiger partial charge in [0.15, 0.2) is 0 Å². The van der Waals surface area contributed by atoms with Gasteiger partial charge in [0.2, 0.25) is 0 Å². The lowest BCUT2D eigenvalue weighted by Crippen LogP contribution is -2.18. The average molecular weight is 221 g/mol. The van der Waals surface area contributed by atoms with Crippen LogP contribution in [-0.4, -0.2) is 13.2 Å². The monoisotopic (exact) mass is 221 g/mol. The van der Waals surface area contributed by atoms with Crippen LogP contribution in [0, 0.1) is 5.41 Å². The van der Waals surface area contributed by atoms with Gasteiger partial charge in [-0.15, -0.1) is 0 Å².